The summed E-state index contributed by atoms with van der Waals surface area (Å²) in [4.78, 5) is 24.6. The first-order chi connectivity index (χ1) is 9.99. The highest BCUT2D eigenvalue weighted by Crippen LogP contribution is 2.27. The van der Waals surface area contributed by atoms with Gasteiger partial charge in [0.15, 0.2) is 5.13 Å². The summed E-state index contributed by atoms with van der Waals surface area (Å²) in [6, 6.07) is 3.90. The Bertz CT molecular complexity index is 611. The minimum atomic E-state index is -0.0906. The predicted molar refractivity (Wildman–Crippen MR) is 85.8 cm³/mol. The maximum atomic E-state index is 12.4. The quantitative estimate of drug-likeness (QED) is 0.906. The zero-order valence-corrected chi connectivity index (χ0v) is 13.2. The number of carbonyl (C=O) groups is 1. The molecule has 0 aromatic carbocycles. The zero-order valence-electron chi connectivity index (χ0n) is 12.4. The van der Waals surface area contributed by atoms with Gasteiger partial charge in [-0.1, -0.05) is 11.3 Å². The molecule has 2 aromatic heterocycles. The third-order valence-electron chi connectivity index (χ3n) is 3.05. The monoisotopic (exact) mass is 305 g/mol. The molecule has 0 spiro atoms. The Morgan fingerprint density at radius 2 is 1.95 bits per heavy atom. The van der Waals surface area contributed by atoms with Crippen molar-refractivity contribution < 1.29 is 4.79 Å². The van der Waals surface area contributed by atoms with Crippen LogP contribution in [0.3, 0.4) is 0 Å². The molecule has 2 N–H and O–H groups in total. The summed E-state index contributed by atoms with van der Waals surface area (Å²) in [7, 11) is 5.53. The molecule has 0 aliphatic heterocycles. The van der Waals surface area contributed by atoms with Gasteiger partial charge < -0.3 is 15.5 Å². The number of carbonyl (C=O) groups excluding carboxylic acids is 1. The number of anilines is 2. The number of nitrogens with two attached hydrogens (primary N) is 1. The van der Waals surface area contributed by atoms with E-state index in [1.54, 1.807) is 24.3 Å². The fourth-order valence-corrected chi connectivity index (χ4v) is 2.69. The second-order valence-electron chi connectivity index (χ2n) is 4.94. The Morgan fingerprint density at radius 3 is 2.52 bits per heavy atom. The van der Waals surface area contributed by atoms with Crippen molar-refractivity contribution in [3.63, 3.8) is 0 Å². The van der Waals surface area contributed by atoms with Gasteiger partial charge >= 0.3 is 0 Å². The Kier molecular flexibility index (Phi) is 4.74. The van der Waals surface area contributed by atoms with Crippen LogP contribution < -0.4 is 10.6 Å². The lowest BCUT2D eigenvalue weighted by Gasteiger charge is -2.16. The molecular formula is C14H19N5OS. The number of likely N-dealkylation sites (N-methyl/N-ethyl adjacent to an activating group) is 1. The highest BCUT2D eigenvalue weighted by atomic mass is 32.1. The van der Waals surface area contributed by atoms with Crippen molar-refractivity contribution in [2.24, 2.45) is 0 Å². The summed E-state index contributed by atoms with van der Waals surface area (Å²) in [5.74, 6) is 0.205. The van der Waals surface area contributed by atoms with Gasteiger partial charge in [-0.2, -0.15) is 0 Å². The summed E-state index contributed by atoms with van der Waals surface area (Å²) in [6.07, 6.45) is 4.29. The second-order valence-corrected chi connectivity index (χ2v) is 5.91. The Balaban J connectivity index is 2.02. The standard InChI is InChI=1S/C14H19N5OS/c1-18(2)14-17-12(15)11(21-14)13(20)19(3)9-6-10-4-7-16-8-5-10/h4-5,7-8H,6,9,15H2,1-3H3. The van der Waals surface area contributed by atoms with Gasteiger partial charge in [0.1, 0.15) is 10.7 Å². The van der Waals surface area contributed by atoms with Crippen molar-refractivity contribution >= 4 is 28.2 Å². The number of pyridine rings is 1. The minimum absolute atomic E-state index is 0.0906. The molecule has 7 heteroatoms. The fraction of sp³-hybridized carbons (Fsp3) is 0.357. The molecule has 0 saturated heterocycles. The van der Waals surface area contributed by atoms with E-state index in [-0.39, 0.29) is 5.91 Å². The highest BCUT2D eigenvalue weighted by molar-refractivity contribution is 7.18. The maximum Gasteiger partial charge on any atom is 0.267 e. The van der Waals surface area contributed by atoms with Crippen LogP contribution in [0.2, 0.25) is 0 Å². The normalized spacial score (nSPS) is 10.4. The van der Waals surface area contributed by atoms with E-state index in [0.29, 0.717) is 17.2 Å². The van der Waals surface area contributed by atoms with Gasteiger partial charge in [0.25, 0.3) is 5.91 Å². The van der Waals surface area contributed by atoms with Gasteiger partial charge in [-0.25, -0.2) is 4.98 Å². The predicted octanol–water partition coefficient (Wildman–Crippen LogP) is 1.50. The number of rotatable bonds is 5. The van der Waals surface area contributed by atoms with Gasteiger partial charge in [0.2, 0.25) is 0 Å². The van der Waals surface area contributed by atoms with Crippen LogP contribution in [0, 0.1) is 0 Å². The minimum Gasteiger partial charge on any atom is -0.382 e. The average Bonchev–Trinajstić information content (AvgIpc) is 2.87. The Morgan fingerprint density at radius 1 is 1.29 bits per heavy atom. The topological polar surface area (TPSA) is 75.4 Å². The number of nitrogen functional groups attached to an aromatic ring is 1. The van der Waals surface area contributed by atoms with Crippen LogP contribution in [0.25, 0.3) is 0 Å². The summed E-state index contributed by atoms with van der Waals surface area (Å²) in [5.41, 5.74) is 6.99. The van der Waals surface area contributed by atoms with Gasteiger partial charge in [-0.15, -0.1) is 0 Å². The molecule has 2 aromatic rings. The van der Waals surface area contributed by atoms with Crippen LogP contribution in [-0.2, 0) is 6.42 Å². The summed E-state index contributed by atoms with van der Waals surface area (Å²) < 4.78 is 0. The van der Waals surface area contributed by atoms with E-state index in [1.165, 1.54) is 11.3 Å². The maximum absolute atomic E-state index is 12.4. The second kappa shape index (κ2) is 6.53. The lowest BCUT2D eigenvalue weighted by atomic mass is 10.2. The molecule has 0 unspecified atom stereocenters. The fourth-order valence-electron chi connectivity index (χ4n) is 1.79. The summed E-state index contributed by atoms with van der Waals surface area (Å²) in [5, 5.41) is 0.735. The molecule has 0 aliphatic carbocycles. The van der Waals surface area contributed by atoms with Crippen LogP contribution in [-0.4, -0.2) is 48.5 Å². The SMILES string of the molecule is CN(CCc1ccncc1)C(=O)c1sc(N(C)C)nc1N. The molecule has 0 aliphatic rings. The van der Waals surface area contributed by atoms with Crippen LogP contribution in [0.4, 0.5) is 10.9 Å². The average molecular weight is 305 g/mol. The zero-order chi connectivity index (χ0) is 15.4. The molecule has 1 amide bonds. The van der Waals surface area contributed by atoms with Crippen molar-refractivity contribution in [2.75, 3.05) is 38.3 Å². The molecule has 0 atom stereocenters. The van der Waals surface area contributed by atoms with Crippen molar-refractivity contribution in [3.05, 3.63) is 35.0 Å². The number of thiazole rings is 1. The first-order valence-electron chi connectivity index (χ1n) is 6.57. The van der Waals surface area contributed by atoms with Crippen LogP contribution in [0.5, 0.6) is 0 Å². The van der Waals surface area contributed by atoms with E-state index in [1.807, 2.05) is 31.1 Å². The van der Waals surface area contributed by atoms with Crippen molar-refractivity contribution in [2.45, 2.75) is 6.42 Å². The molecule has 2 rings (SSSR count). The first-order valence-corrected chi connectivity index (χ1v) is 7.38. The summed E-state index contributed by atoms with van der Waals surface area (Å²) >= 11 is 1.31. The van der Waals surface area contributed by atoms with Gasteiger partial charge in [-0.3, -0.25) is 9.78 Å². The molecule has 2 heterocycles. The van der Waals surface area contributed by atoms with E-state index in [0.717, 1.165) is 17.1 Å². The largest absolute Gasteiger partial charge is 0.382 e. The van der Waals surface area contributed by atoms with E-state index in [4.69, 9.17) is 5.73 Å². The van der Waals surface area contributed by atoms with E-state index in [9.17, 15) is 4.79 Å². The molecular weight excluding hydrogens is 286 g/mol. The van der Waals surface area contributed by atoms with Crippen LogP contribution in [0.15, 0.2) is 24.5 Å². The van der Waals surface area contributed by atoms with Gasteiger partial charge in [-0.05, 0) is 24.1 Å². The molecule has 0 radical (unpaired) electrons. The lowest BCUT2D eigenvalue weighted by molar-refractivity contribution is 0.0802. The molecule has 112 valence electrons. The molecule has 0 bridgehead atoms. The van der Waals surface area contributed by atoms with Crippen molar-refractivity contribution in [1.82, 2.24) is 14.9 Å². The first kappa shape index (κ1) is 15.2. The van der Waals surface area contributed by atoms with Crippen LogP contribution in [0.1, 0.15) is 15.2 Å². The van der Waals surface area contributed by atoms with Gasteiger partial charge in [0, 0.05) is 40.1 Å². The van der Waals surface area contributed by atoms with E-state index in [2.05, 4.69) is 9.97 Å². The molecule has 6 nitrogen and oxygen atoms in total. The smallest absolute Gasteiger partial charge is 0.267 e. The highest BCUT2D eigenvalue weighted by Gasteiger charge is 2.20. The Hall–Kier alpha value is -2.15. The number of hydrogen-bond donors (Lipinski definition) is 1. The van der Waals surface area contributed by atoms with E-state index >= 15 is 0 Å². The third-order valence-corrected chi connectivity index (χ3v) is 4.28. The lowest BCUT2D eigenvalue weighted by Crippen LogP contribution is -2.28. The Labute approximate surface area is 128 Å². The van der Waals surface area contributed by atoms with Crippen molar-refractivity contribution in [1.29, 1.82) is 0 Å². The number of hydrogen-bond acceptors (Lipinski definition) is 6. The molecule has 21 heavy (non-hydrogen) atoms. The molecule has 0 fully saturated rings. The summed E-state index contributed by atoms with van der Waals surface area (Å²) in [6.45, 7) is 0.623. The molecule has 0 saturated carbocycles. The van der Waals surface area contributed by atoms with E-state index < -0.39 is 0 Å². The number of aromatic nitrogens is 2. The third kappa shape index (κ3) is 3.69. The number of nitrogens with zero attached hydrogens (tertiary/aromatic N) is 4. The van der Waals surface area contributed by atoms with Crippen molar-refractivity contribution in [3.8, 4) is 0 Å². The number of amides is 1. The van der Waals surface area contributed by atoms with Crippen LogP contribution >= 0.6 is 11.3 Å². The van der Waals surface area contributed by atoms with Gasteiger partial charge in [0.05, 0.1) is 0 Å².